The number of aryl methyl sites for hydroxylation is 1. The Bertz CT molecular complexity index is 772. The average molecular weight is 264 g/mol. The van der Waals surface area contributed by atoms with Crippen LogP contribution in [0, 0.1) is 13.0 Å². The highest BCUT2D eigenvalue weighted by atomic mass is 16.5. The Morgan fingerprint density at radius 3 is 2.60 bits per heavy atom. The second kappa shape index (κ2) is 4.85. The number of hydrogen-bond donors (Lipinski definition) is 0. The highest BCUT2D eigenvalue weighted by Gasteiger charge is 2.15. The monoisotopic (exact) mass is 264 g/mol. The molecular formula is C17H14NO2. The summed E-state index contributed by atoms with van der Waals surface area (Å²) in [6.07, 6.45) is 0. The first-order valence-electron chi connectivity index (χ1n) is 6.39. The van der Waals surface area contributed by atoms with E-state index in [0.29, 0.717) is 5.56 Å². The van der Waals surface area contributed by atoms with E-state index in [-0.39, 0.29) is 5.91 Å². The van der Waals surface area contributed by atoms with Crippen LogP contribution in [0.2, 0.25) is 0 Å². The number of hydrogen-bond acceptors (Lipinski definition) is 2. The molecule has 0 saturated carbocycles. The quantitative estimate of drug-likeness (QED) is 0.710. The summed E-state index contributed by atoms with van der Waals surface area (Å²) in [5.41, 5.74) is 2.30. The third-order valence-electron chi connectivity index (χ3n) is 3.32. The van der Waals surface area contributed by atoms with Gasteiger partial charge >= 0.3 is 0 Å². The van der Waals surface area contributed by atoms with Crippen molar-refractivity contribution < 1.29 is 9.53 Å². The summed E-state index contributed by atoms with van der Waals surface area (Å²) in [5, 5.41) is 0.881. The lowest BCUT2D eigenvalue weighted by Gasteiger charge is -2.07. The number of carbonyl (C=O) groups is 1. The largest absolute Gasteiger partial charge is 0.497 e. The molecule has 0 aliphatic carbocycles. The fraction of sp³-hybridized carbons (Fsp3) is 0.118. The molecule has 0 N–H and O–H groups in total. The van der Waals surface area contributed by atoms with Crippen molar-refractivity contribution in [1.29, 1.82) is 0 Å². The van der Waals surface area contributed by atoms with Crippen molar-refractivity contribution >= 4 is 16.8 Å². The van der Waals surface area contributed by atoms with Crippen LogP contribution in [-0.2, 0) is 0 Å². The summed E-state index contributed by atoms with van der Waals surface area (Å²) >= 11 is 0. The van der Waals surface area contributed by atoms with Gasteiger partial charge in [-0.15, -0.1) is 0 Å². The summed E-state index contributed by atoms with van der Waals surface area (Å²) < 4.78 is 6.89. The van der Waals surface area contributed by atoms with Crippen molar-refractivity contribution in [3.63, 3.8) is 0 Å². The third-order valence-corrected chi connectivity index (χ3v) is 3.32. The molecule has 2 aromatic carbocycles. The van der Waals surface area contributed by atoms with E-state index < -0.39 is 0 Å². The Balaban J connectivity index is 2.16. The standard InChI is InChI=1S/C17H14NO2/c1-12-10-14-11-15(20-2)8-9-16(14)18(12)17(19)13-6-4-3-5-7-13/h3-9,11H,1-2H3. The Kier molecular flexibility index (Phi) is 3.03. The minimum absolute atomic E-state index is 0.0421. The van der Waals surface area contributed by atoms with E-state index >= 15 is 0 Å². The molecule has 0 aliphatic rings. The van der Waals surface area contributed by atoms with Crippen molar-refractivity contribution in [2.45, 2.75) is 6.92 Å². The maximum Gasteiger partial charge on any atom is 0.262 e. The van der Waals surface area contributed by atoms with Crippen LogP contribution in [0.3, 0.4) is 0 Å². The van der Waals surface area contributed by atoms with Crippen molar-refractivity contribution in [3.8, 4) is 5.75 Å². The van der Waals surface area contributed by atoms with Crippen LogP contribution in [0.4, 0.5) is 0 Å². The molecule has 0 unspecified atom stereocenters. The lowest BCUT2D eigenvalue weighted by molar-refractivity contribution is 0.0963. The van der Waals surface area contributed by atoms with Gasteiger partial charge in [0.2, 0.25) is 0 Å². The fourth-order valence-corrected chi connectivity index (χ4v) is 2.34. The molecule has 3 aromatic rings. The molecule has 3 nitrogen and oxygen atoms in total. The maximum atomic E-state index is 12.6. The smallest absolute Gasteiger partial charge is 0.262 e. The first kappa shape index (κ1) is 12.5. The van der Waals surface area contributed by atoms with Crippen LogP contribution >= 0.6 is 0 Å². The highest BCUT2D eigenvalue weighted by Crippen LogP contribution is 2.24. The van der Waals surface area contributed by atoms with Crippen molar-refractivity contribution in [3.05, 3.63) is 65.9 Å². The number of fused-ring (bicyclic) bond motifs is 1. The number of ether oxygens (including phenoxy) is 1. The summed E-state index contributed by atoms with van der Waals surface area (Å²) in [5.74, 6) is 0.720. The van der Waals surface area contributed by atoms with E-state index in [1.54, 1.807) is 11.7 Å². The molecule has 0 saturated heterocycles. The molecule has 1 heterocycles. The molecule has 0 fully saturated rings. The van der Waals surface area contributed by atoms with Gasteiger partial charge in [-0.1, -0.05) is 18.2 Å². The summed E-state index contributed by atoms with van der Waals surface area (Å²) in [6, 6.07) is 18.1. The van der Waals surface area contributed by atoms with Crippen molar-refractivity contribution in [1.82, 2.24) is 4.57 Å². The van der Waals surface area contributed by atoms with Crippen LogP contribution < -0.4 is 4.74 Å². The second-order valence-electron chi connectivity index (χ2n) is 4.60. The molecular weight excluding hydrogens is 250 g/mol. The topological polar surface area (TPSA) is 31.2 Å². The molecule has 0 atom stereocenters. The number of nitrogens with zero attached hydrogens (tertiary/aromatic N) is 1. The zero-order chi connectivity index (χ0) is 14.1. The minimum atomic E-state index is -0.0421. The van der Waals surface area contributed by atoms with Gasteiger partial charge in [0, 0.05) is 22.7 Å². The molecule has 0 amide bonds. The van der Waals surface area contributed by atoms with E-state index in [2.05, 4.69) is 6.07 Å². The van der Waals surface area contributed by atoms with E-state index in [1.165, 1.54) is 0 Å². The van der Waals surface area contributed by atoms with Crippen LogP contribution in [0.1, 0.15) is 16.1 Å². The summed E-state index contributed by atoms with van der Waals surface area (Å²) in [4.78, 5) is 12.6. The highest BCUT2D eigenvalue weighted by molar-refractivity contribution is 6.02. The third kappa shape index (κ3) is 1.97. The van der Waals surface area contributed by atoms with Gasteiger partial charge in [-0.3, -0.25) is 9.36 Å². The number of aromatic nitrogens is 1. The molecule has 3 rings (SSSR count). The van der Waals surface area contributed by atoms with Crippen LogP contribution in [-0.4, -0.2) is 17.6 Å². The van der Waals surface area contributed by atoms with Gasteiger partial charge in [0.1, 0.15) is 5.75 Å². The minimum Gasteiger partial charge on any atom is -0.497 e. The molecule has 20 heavy (non-hydrogen) atoms. The predicted molar refractivity (Wildman–Crippen MR) is 78.2 cm³/mol. The first-order valence-corrected chi connectivity index (χ1v) is 6.39. The molecule has 1 aromatic heterocycles. The predicted octanol–water partition coefficient (Wildman–Crippen LogP) is 3.45. The van der Waals surface area contributed by atoms with Gasteiger partial charge in [-0.05, 0) is 37.3 Å². The molecule has 0 bridgehead atoms. The van der Waals surface area contributed by atoms with Crippen molar-refractivity contribution in [2.75, 3.05) is 7.11 Å². The molecule has 0 spiro atoms. The molecule has 1 radical (unpaired) electrons. The van der Waals surface area contributed by atoms with E-state index in [0.717, 1.165) is 22.3 Å². The van der Waals surface area contributed by atoms with Crippen LogP contribution in [0.5, 0.6) is 5.75 Å². The van der Waals surface area contributed by atoms with Crippen LogP contribution in [0.25, 0.3) is 10.9 Å². The zero-order valence-corrected chi connectivity index (χ0v) is 11.4. The van der Waals surface area contributed by atoms with Gasteiger partial charge in [-0.25, -0.2) is 0 Å². The SMILES string of the molecule is COc1ccc2c([c]c(C)n2C(=O)c2ccccc2)c1. The maximum absolute atomic E-state index is 12.6. The average Bonchev–Trinajstić information content (AvgIpc) is 2.82. The molecule has 0 aliphatic heterocycles. The Labute approximate surface area is 117 Å². The number of benzene rings is 2. The van der Waals surface area contributed by atoms with E-state index in [4.69, 9.17) is 4.74 Å². The summed E-state index contributed by atoms with van der Waals surface area (Å²) in [6.45, 7) is 1.88. The fourth-order valence-electron chi connectivity index (χ4n) is 2.34. The van der Waals surface area contributed by atoms with Gasteiger partial charge in [0.25, 0.3) is 5.91 Å². The van der Waals surface area contributed by atoms with Gasteiger partial charge in [0.05, 0.1) is 12.6 Å². The second-order valence-corrected chi connectivity index (χ2v) is 4.60. The van der Waals surface area contributed by atoms with E-state index in [1.807, 2.05) is 55.5 Å². The van der Waals surface area contributed by atoms with Crippen molar-refractivity contribution in [2.24, 2.45) is 0 Å². The normalized spacial score (nSPS) is 10.7. The van der Waals surface area contributed by atoms with Gasteiger partial charge in [-0.2, -0.15) is 0 Å². The number of methoxy groups -OCH3 is 1. The Hall–Kier alpha value is -2.55. The zero-order valence-electron chi connectivity index (χ0n) is 11.4. The van der Waals surface area contributed by atoms with Crippen LogP contribution in [0.15, 0.2) is 48.5 Å². The summed E-state index contributed by atoms with van der Waals surface area (Å²) in [7, 11) is 1.63. The number of rotatable bonds is 2. The lowest BCUT2D eigenvalue weighted by atomic mass is 10.2. The first-order chi connectivity index (χ1) is 9.70. The Morgan fingerprint density at radius 1 is 1.15 bits per heavy atom. The number of carbonyl (C=O) groups excluding carboxylic acids is 1. The molecule has 99 valence electrons. The lowest BCUT2D eigenvalue weighted by Crippen LogP contribution is -2.12. The molecule has 3 heteroatoms. The van der Waals surface area contributed by atoms with Gasteiger partial charge < -0.3 is 4.74 Å². The Morgan fingerprint density at radius 2 is 1.90 bits per heavy atom. The van der Waals surface area contributed by atoms with E-state index in [9.17, 15) is 4.79 Å². The van der Waals surface area contributed by atoms with Gasteiger partial charge in [0.15, 0.2) is 0 Å².